The maximum atomic E-state index is 12.7. The summed E-state index contributed by atoms with van der Waals surface area (Å²) < 4.78 is 0. The number of hydrogen-bond donors (Lipinski definition) is 0. The first-order valence-electron chi connectivity index (χ1n) is 9.41. The van der Waals surface area contributed by atoms with Crippen LogP contribution >= 0.6 is 0 Å². The molecule has 0 aromatic rings. The van der Waals surface area contributed by atoms with Crippen LogP contribution in [0.5, 0.6) is 0 Å². The van der Waals surface area contributed by atoms with Crippen LogP contribution in [0.25, 0.3) is 0 Å². The van der Waals surface area contributed by atoms with Gasteiger partial charge in [0.25, 0.3) is 0 Å². The van der Waals surface area contributed by atoms with Crippen LogP contribution in [0.4, 0.5) is 0 Å². The zero-order chi connectivity index (χ0) is 16.5. The van der Waals surface area contributed by atoms with Crippen molar-refractivity contribution in [1.82, 2.24) is 0 Å². The molecule has 124 valence electrons. The first-order chi connectivity index (χ1) is 10.9. The van der Waals surface area contributed by atoms with Crippen LogP contribution in [-0.2, 0) is 4.79 Å². The number of carbonyl (C=O) groups is 1. The van der Waals surface area contributed by atoms with Crippen molar-refractivity contribution in [3.63, 3.8) is 0 Å². The molecule has 0 aromatic carbocycles. The maximum Gasteiger partial charge on any atom is 0.161 e. The van der Waals surface area contributed by atoms with E-state index < -0.39 is 0 Å². The Balaban J connectivity index is 1.79. The van der Waals surface area contributed by atoms with Gasteiger partial charge in [0.1, 0.15) is 0 Å². The lowest BCUT2D eigenvalue weighted by Gasteiger charge is -2.60. The second kappa shape index (κ2) is 4.71. The highest BCUT2D eigenvalue weighted by atomic mass is 16.1. The van der Waals surface area contributed by atoms with Crippen molar-refractivity contribution in [2.45, 2.75) is 65.2 Å². The third kappa shape index (κ3) is 1.83. The molecular weight excluding hydrogens is 280 g/mol. The average molecular weight is 310 g/mol. The van der Waals surface area contributed by atoms with Gasteiger partial charge >= 0.3 is 0 Å². The van der Waals surface area contributed by atoms with Gasteiger partial charge in [-0.2, -0.15) is 0 Å². The van der Waals surface area contributed by atoms with Gasteiger partial charge in [-0.15, -0.1) is 0 Å². The SMILES string of the molecule is C=CC(=O)[C@]1(C)CCC[C@@]2(C)C3=CC[C@H]4C[C@@]3(CCC12)CC4=C. The van der Waals surface area contributed by atoms with Crippen LogP contribution < -0.4 is 0 Å². The van der Waals surface area contributed by atoms with Crippen LogP contribution in [0.2, 0.25) is 0 Å². The fraction of sp³-hybridized carbons (Fsp3) is 0.682. The molecule has 0 aliphatic heterocycles. The standard InChI is InChI=1S/C22H30O/c1-5-19(23)21(4)11-6-10-20(3)17(21)9-12-22-13-15(2)16(14-22)7-8-18(20)22/h5,8,16-17H,1-2,6-7,9-14H2,3-4H3/t16-,17?,20+,21+,22+/m0/s1. The van der Waals surface area contributed by atoms with Gasteiger partial charge in [-0.3, -0.25) is 4.79 Å². The van der Waals surface area contributed by atoms with Gasteiger partial charge in [-0.1, -0.05) is 50.6 Å². The van der Waals surface area contributed by atoms with E-state index in [2.05, 4.69) is 33.1 Å². The smallest absolute Gasteiger partial charge is 0.161 e. The predicted octanol–water partition coefficient (Wildman–Crippen LogP) is 5.63. The minimum Gasteiger partial charge on any atom is -0.294 e. The van der Waals surface area contributed by atoms with E-state index in [4.69, 9.17) is 0 Å². The van der Waals surface area contributed by atoms with E-state index in [9.17, 15) is 4.79 Å². The van der Waals surface area contributed by atoms with Crippen molar-refractivity contribution in [3.05, 3.63) is 36.5 Å². The maximum absolute atomic E-state index is 12.7. The molecule has 1 heteroatoms. The Kier molecular flexibility index (Phi) is 3.16. The molecule has 4 rings (SSSR count). The number of fused-ring (bicyclic) bond motifs is 3. The molecule has 3 saturated carbocycles. The Morgan fingerprint density at radius 1 is 1.30 bits per heavy atom. The summed E-state index contributed by atoms with van der Waals surface area (Å²) in [6.07, 6.45) is 13.8. The molecule has 0 aromatic heterocycles. The highest BCUT2D eigenvalue weighted by Crippen LogP contribution is 2.70. The molecule has 4 aliphatic carbocycles. The van der Waals surface area contributed by atoms with Gasteiger partial charge < -0.3 is 0 Å². The zero-order valence-electron chi connectivity index (χ0n) is 14.8. The molecule has 0 N–H and O–H groups in total. The van der Waals surface area contributed by atoms with E-state index in [1.54, 1.807) is 11.6 Å². The number of carbonyl (C=O) groups excluding carboxylic acids is 1. The minimum absolute atomic E-state index is 0.205. The summed E-state index contributed by atoms with van der Waals surface area (Å²) >= 11 is 0. The van der Waals surface area contributed by atoms with Crippen molar-refractivity contribution in [3.8, 4) is 0 Å². The van der Waals surface area contributed by atoms with Crippen molar-refractivity contribution in [1.29, 1.82) is 0 Å². The van der Waals surface area contributed by atoms with Crippen LogP contribution in [0.1, 0.15) is 65.2 Å². The van der Waals surface area contributed by atoms with Crippen LogP contribution in [0, 0.1) is 28.1 Å². The summed E-state index contributed by atoms with van der Waals surface area (Å²) in [6.45, 7) is 12.9. The molecule has 1 nitrogen and oxygen atoms in total. The Morgan fingerprint density at radius 3 is 2.83 bits per heavy atom. The highest BCUT2D eigenvalue weighted by Gasteiger charge is 2.61. The predicted molar refractivity (Wildman–Crippen MR) is 95.0 cm³/mol. The Labute approximate surface area is 140 Å². The van der Waals surface area contributed by atoms with E-state index in [-0.39, 0.29) is 16.6 Å². The zero-order valence-corrected chi connectivity index (χ0v) is 14.8. The van der Waals surface area contributed by atoms with Crippen LogP contribution in [0.3, 0.4) is 0 Å². The Morgan fingerprint density at radius 2 is 2.09 bits per heavy atom. The Hall–Kier alpha value is -1.11. The molecule has 23 heavy (non-hydrogen) atoms. The minimum atomic E-state index is -0.205. The molecule has 0 amide bonds. The summed E-state index contributed by atoms with van der Waals surface area (Å²) in [4.78, 5) is 12.7. The summed E-state index contributed by atoms with van der Waals surface area (Å²) in [5.41, 5.74) is 3.59. The van der Waals surface area contributed by atoms with Crippen LogP contribution in [-0.4, -0.2) is 5.78 Å². The molecule has 4 aliphatic rings. The molecule has 0 heterocycles. The van der Waals surface area contributed by atoms with E-state index in [0.717, 1.165) is 12.3 Å². The summed E-state index contributed by atoms with van der Waals surface area (Å²) in [6, 6.07) is 0. The van der Waals surface area contributed by atoms with Crippen molar-refractivity contribution in [2.24, 2.45) is 28.1 Å². The number of hydrogen-bond acceptors (Lipinski definition) is 1. The summed E-state index contributed by atoms with van der Waals surface area (Å²) in [5.74, 6) is 1.48. The lowest BCUT2D eigenvalue weighted by molar-refractivity contribution is -0.135. The van der Waals surface area contributed by atoms with E-state index in [0.29, 0.717) is 11.3 Å². The monoisotopic (exact) mass is 310 g/mol. The fourth-order valence-electron chi connectivity index (χ4n) is 7.15. The first kappa shape index (κ1) is 15.4. The van der Waals surface area contributed by atoms with Gasteiger partial charge in [0, 0.05) is 5.41 Å². The van der Waals surface area contributed by atoms with E-state index in [1.807, 2.05) is 0 Å². The van der Waals surface area contributed by atoms with Crippen molar-refractivity contribution < 1.29 is 4.79 Å². The van der Waals surface area contributed by atoms with Gasteiger partial charge in [0.05, 0.1) is 0 Å². The molecular formula is C22H30O. The third-order valence-corrected chi connectivity index (χ3v) is 8.16. The van der Waals surface area contributed by atoms with Crippen LogP contribution in [0.15, 0.2) is 36.5 Å². The van der Waals surface area contributed by atoms with Crippen molar-refractivity contribution in [2.75, 3.05) is 0 Å². The number of allylic oxidation sites excluding steroid dienone is 4. The second-order valence-corrected chi connectivity index (χ2v) is 9.22. The molecule has 1 unspecified atom stereocenters. The largest absolute Gasteiger partial charge is 0.294 e. The van der Waals surface area contributed by atoms with Gasteiger partial charge in [-0.25, -0.2) is 0 Å². The van der Waals surface area contributed by atoms with Gasteiger partial charge in [0.15, 0.2) is 5.78 Å². The van der Waals surface area contributed by atoms with E-state index >= 15 is 0 Å². The summed E-state index contributed by atoms with van der Waals surface area (Å²) in [7, 11) is 0. The molecule has 3 fully saturated rings. The second-order valence-electron chi connectivity index (χ2n) is 9.22. The number of rotatable bonds is 2. The fourth-order valence-corrected chi connectivity index (χ4v) is 7.15. The molecule has 0 radical (unpaired) electrons. The van der Waals surface area contributed by atoms with E-state index in [1.165, 1.54) is 50.5 Å². The quantitative estimate of drug-likeness (QED) is 0.477. The first-order valence-corrected chi connectivity index (χ1v) is 9.41. The molecule has 1 spiro atoms. The lowest BCUT2D eigenvalue weighted by atomic mass is 9.43. The molecule has 0 saturated heterocycles. The van der Waals surface area contributed by atoms with Gasteiger partial charge in [0.2, 0.25) is 0 Å². The number of ketones is 1. The average Bonchev–Trinajstić information content (AvgIpc) is 2.75. The summed E-state index contributed by atoms with van der Waals surface area (Å²) in [5, 5.41) is 0. The normalized spacial score (nSPS) is 48.3. The molecule has 2 bridgehead atoms. The molecule has 5 atom stereocenters. The highest BCUT2D eigenvalue weighted by molar-refractivity contribution is 5.94. The third-order valence-electron chi connectivity index (χ3n) is 8.16. The topological polar surface area (TPSA) is 17.1 Å². The van der Waals surface area contributed by atoms with Crippen molar-refractivity contribution >= 4 is 5.78 Å². The van der Waals surface area contributed by atoms with Gasteiger partial charge in [-0.05, 0) is 73.7 Å². The lowest BCUT2D eigenvalue weighted by Crippen LogP contribution is -2.54. The Bertz CT molecular complexity index is 626.